The Kier molecular flexibility index (Phi) is 3.50. The van der Waals surface area contributed by atoms with Crippen LogP contribution in [0.5, 0.6) is 0 Å². The molecule has 0 aliphatic carbocycles. The van der Waals surface area contributed by atoms with E-state index < -0.39 is 12.0 Å². The van der Waals surface area contributed by atoms with E-state index in [1.165, 1.54) is 0 Å². The van der Waals surface area contributed by atoms with Gasteiger partial charge in [-0.2, -0.15) is 0 Å². The van der Waals surface area contributed by atoms with Gasteiger partial charge in [0.25, 0.3) is 0 Å². The zero-order chi connectivity index (χ0) is 13.3. The normalized spacial score (nSPS) is 27.3. The van der Waals surface area contributed by atoms with Gasteiger partial charge in [-0.1, -0.05) is 0 Å². The fraction of sp³-hybridized carbons (Fsp3) is 0.846. The first-order chi connectivity index (χ1) is 8.43. The van der Waals surface area contributed by atoms with E-state index in [2.05, 4.69) is 13.8 Å². The molecule has 1 N–H and O–H groups in total. The Morgan fingerprint density at radius 3 is 2.44 bits per heavy atom. The van der Waals surface area contributed by atoms with Crippen molar-refractivity contribution in [3.8, 4) is 0 Å². The molecule has 102 valence electrons. The fourth-order valence-corrected chi connectivity index (χ4v) is 3.03. The molecule has 2 saturated heterocycles. The second-order valence-corrected chi connectivity index (χ2v) is 5.89. The Balaban J connectivity index is 2.13. The van der Waals surface area contributed by atoms with Gasteiger partial charge in [-0.05, 0) is 46.0 Å². The van der Waals surface area contributed by atoms with Crippen LogP contribution >= 0.6 is 0 Å². The van der Waals surface area contributed by atoms with Crippen molar-refractivity contribution in [1.82, 2.24) is 9.80 Å². The maximum absolute atomic E-state index is 12.5. The van der Waals surface area contributed by atoms with Crippen LogP contribution in [0.25, 0.3) is 0 Å². The van der Waals surface area contributed by atoms with Crippen LogP contribution in [0.4, 0.5) is 4.79 Å². The second kappa shape index (κ2) is 4.78. The third-order valence-corrected chi connectivity index (χ3v) is 4.17. The average Bonchev–Trinajstić information content (AvgIpc) is 2.68. The number of likely N-dealkylation sites (tertiary alicyclic amines) is 2. The van der Waals surface area contributed by atoms with Gasteiger partial charge in [0, 0.05) is 18.6 Å². The van der Waals surface area contributed by atoms with Crippen molar-refractivity contribution < 1.29 is 14.7 Å². The number of piperidine rings is 1. The fourth-order valence-electron chi connectivity index (χ4n) is 3.03. The maximum Gasteiger partial charge on any atom is 0.326 e. The van der Waals surface area contributed by atoms with Gasteiger partial charge in [-0.25, -0.2) is 9.59 Å². The number of amides is 2. The number of carboxylic acids is 1. The van der Waals surface area contributed by atoms with Crippen LogP contribution in [0.3, 0.4) is 0 Å². The summed E-state index contributed by atoms with van der Waals surface area (Å²) in [5.41, 5.74) is -0.141. The molecule has 0 aromatic carbocycles. The Bertz CT molecular complexity index is 354. The summed E-state index contributed by atoms with van der Waals surface area (Å²) in [6, 6.07) is -0.729. The molecule has 18 heavy (non-hydrogen) atoms. The molecule has 0 bridgehead atoms. The quantitative estimate of drug-likeness (QED) is 0.777. The third kappa shape index (κ3) is 2.31. The summed E-state index contributed by atoms with van der Waals surface area (Å²) in [5.74, 6) is -0.875. The zero-order valence-electron chi connectivity index (χ0n) is 11.2. The van der Waals surface area contributed by atoms with E-state index in [4.69, 9.17) is 0 Å². The molecule has 0 spiro atoms. The monoisotopic (exact) mass is 254 g/mol. The number of rotatable bonds is 1. The van der Waals surface area contributed by atoms with E-state index in [0.717, 1.165) is 32.2 Å². The van der Waals surface area contributed by atoms with Crippen molar-refractivity contribution in [2.75, 3.05) is 13.1 Å². The Labute approximate surface area is 108 Å². The molecule has 0 aromatic rings. The van der Waals surface area contributed by atoms with Gasteiger partial charge in [0.05, 0.1) is 0 Å². The van der Waals surface area contributed by atoms with E-state index in [1.807, 2.05) is 4.90 Å². The number of carbonyl (C=O) groups is 2. The largest absolute Gasteiger partial charge is 0.480 e. The number of hydrogen-bond donors (Lipinski definition) is 1. The van der Waals surface area contributed by atoms with Crippen molar-refractivity contribution in [2.24, 2.45) is 0 Å². The van der Waals surface area contributed by atoms with Gasteiger partial charge < -0.3 is 14.9 Å². The van der Waals surface area contributed by atoms with E-state index in [9.17, 15) is 14.7 Å². The van der Waals surface area contributed by atoms with Crippen LogP contribution in [0.1, 0.15) is 46.0 Å². The number of nitrogens with zero attached hydrogens (tertiary/aromatic N) is 2. The molecule has 0 radical (unpaired) electrons. The molecule has 1 unspecified atom stereocenters. The standard InChI is InChI=1S/C13H22N2O3/c1-13(2)7-5-9-15(13)12(18)14-8-4-3-6-10(14)11(16)17/h10H,3-9H2,1-2H3,(H,16,17). The lowest BCUT2D eigenvalue weighted by atomic mass is 10.0. The molecular formula is C13H22N2O3. The molecule has 5 nitrogen and oxygen atoms in total. The van der Waals surface area contributed by atoms with Gasteiger partial charge >= 0.3 is 12.0 Å². The van der Waals surface area contributed by atoms with Gasteiger partial charge in [-0.15, -0.1) is 0 Å². The van der Waals surface area contributed by atoms with Crippen LogP contribution in [-0.2, 0) is 4.79 Å². The highest BCUT2D eigenvalue weighted by Gasteiger charge is 2.41. The SMILES string of the molecule is CC1(C)CCCN1C(=O)N1CCCCC1C(=O)O. The Morgan fingerprint density at radius 1 is 1.17 bits per heavy atom. The first kappa shape index (κ1) is 13.2. The van der Waals surface area contributed by atoms with Gasteiger partial charge in [0.15, 0.2) is 0 Å². The summed E-state index contributed by atoms with van der Waals surface area (Å²) in [7, 11) is 0. The minimum Gasteiger partial charge on any atom is -0.480 e. The number of aliphatic carboxylic acids is 1. The first-order valence-corrected chi connectivity index (χ1v) is 6.74. The molecule has 2 amide bonds. The summed E-state index contributed by atoms with van der Waals surface area (Å²) in [4.78, 5) is 27.1. The minimum atomic E-state index is -0.875. The smallest absolute Gasteiger partial charge is 0.326 e. The third-order valence-electron chi connectivity index (χ3n) is 4.17. The summed E-state index contributed by atoms with van der Waals surface area (Å²) in [6.07, 6.45) is 4.37. The predicted molar refractivity (Wildman–Crippen MR) is 67.4 cm³/mol. The van der Waals surface area contributed by atoms with Crippen LogP contribution in [0.2, 0.25) is 0 Å². The minimum absolute atomic E-state index is 0.0930. The highest BCUT2D eigenvalue weighted by atomic mass is 16.4. The van der Waals surface area contributed by atoms with Crippen LogP contribution in [0, 0.1) is 0 Å². The Morgan fingerprint density at radius 2 is 1.89 bits per heavy atom. The van der Waals surface area contributed by atoms with Gasteiger partial charge in [-0.3, -0.25) is 0 Å². The lowest BCUT2D eigenvalue weighted by molar-refractivity contribution is -0.143. The van der Waals surface area contributed by atoms with Crippen LogP contribution in [0.15, 0.2) is 0 Å². The molecule has 2 rings (SSSR count). The molecule has 2 fully saturated rings. The maximum atomic E-state index is 12.5. The highest BCUT2D eigenvalue weighted by molar-refractivity contribution is 5.83. The predicted octanol–water partition coefficient (Wildman–Crippen LogP) is 1.92. The molecule has 0 aromatic heterocycles. The zero-order valence-corrected chi connectivity index (χ0v) is 11.2. The summed E-state index contributed by atoms with van der Waals surface area (Å²) >= 11 is 0. The summed E-state index contributed by atoms with van der Waals surface area (Å²) in [6.45, 7) is 5.42. The van der Waals surface area contributed by atoms with Crippen molar-refractivity contribution >= 4 is 12.0 Å². The van der Waals surface area contributed by atoms with E-state index in [1.54, 1.807) is 4.90 Å². The molecule has 2 heterocycles. The molecule has 5 heteroatoms. The lowest BCUT2D eigenvalue weighted by Gasteiger charge is -2.40. The summed E-state index contributed by atoms with van der Waals surface area (Å²) in [5, 5.41) is 9.22. The first-order valence-electron chi connectivity index (χ1n) is 6.74. The number of carbonyl (C=O) groups excluding carboxylic acids is 1. The average molecular weight is 254 g/mol. The number of urea groups is 1. The van der Waals surface area contributed by atoms with E-state index in [0.29, 0.717) is 13.0 Å². The highest BCUT2D eigenvalue weighted by Crippen LogP contribution is 2.31. The molecular weight excluding hydrogens is 232 g/mol. The Hall–Kier alpha value is -1.26. The van der Waals surface area contributed by atoms with Gasteiger partial charge in [0.1, 0.15) is 6.04 Å². The van der Waals surface area contributed by atoms with E-state index >= 15 is 0 Å². The van der Waals surface area contributed by atoms with Crippen molar-refractivity contribution in [1.29, 1.82) is 0 Å². The number of hydrogen-bond acceptors (Lipinski definition) is 2. The van der Waals surface area contributed by atoms with Crippen molar-refractivity contribution in [3.05, 3.63) is 0 Å². The molecule has 2 aliphatic heterocycles. The topological polar surface area (TPSA) is 60.9 Å². The summed E-state index contributed by atoms with van der Waals surface area (Å²) < 4.78 is 0. The molecule has 1 atom stereocenters. The van der Waals surface area contributed by atoms with Crippen LogP contribution < -0.4 is 0 Å². The van der Waals surface area contributed by atoms with Crippen LogP contribution in [-0.4, -0.2) is 51.6 Å². The molecule has 2 aliphatic rings. The molecule has 0 saturated carbocycles. The van der Waals surface area contributed by atoms with Crippen molar-refractivity contribution in [3.63, 3.8) is 0 Å². The van der Waals surface area contributed by atoms with Gasteiger partial charge in [0.2, 0.25) is 0 Å². The second-order valence-electron chi connectivity index (χ2n) is 5.89. The van der Waals surface area contributed by atoms with E-state index in [-0.39, 0.29) is 11.6 Å². The van der Waals surface area contributed by atoms with Crippen molar-refractivity contribution in [2.45, 2.75) is 57.5 Å². The lowest BCUT2D eigenvalue weighted by Crippen LogP contribution is -2.56. The number of carboxylic acid groups (broad SMARTS) is 1.